The molecule has 0 radical (unpaired) electrons. The van der Waals surface area contributed by atoms with Gasteiger partial charge in [0, 0.05) is 29.7 Å². The van der Waals surface area contributed by atoms with Gasteiger partial charge in [-0.25, -0.2) is 4.98 Å². The summed E-state index contributed by atoms with van der Waals surface area (Å²) in [5.41, 5.74) is 10.9. The van der Waals surface area contributed by atoms with Crippen molar-refractivity contribution in [3.05, 3.63) is 34.5 Å². The highest BCUT2D eigenvalue weighted by Crippen LogP contribution is 2.38. The number of fused-ring (bicyclic) bond motifs is 2. The zero-order valence-corrected chi connectivity index (χ0v) is 16.2. The van der Waals surface area contributed by atoms with Crippen LogP contribution in [0.5, 0.6) is 5.75 Å². The summed E-state index contributed by atoms with van der Waals surface area (Å²) in [5, 5.41) is 0. The first kappa shape index (κ1) is 17.1. The Kier molecular flexibility index (Phi) is 4.00. The predicted molar refractivity (Wildman–Crippen MR) is 104 cm³/mol. The number of aryl methyl sites for hydroxylation is 2. The molecule has 1 atom stereocenters. The van der Waals surface area contributed by atoms with Crippen LogP contribution >= 0.6 is 11.3 Å². The van der Waals surface area contributed by atoms with Crippen molar-refractivity contribution in [1.82, 2.24) is 9.38 Å². The zero-order valence-electron chi connectivity index (χ0n) is 15.4. The fourth-order valence-corrected chi connectivity index (χ4v) is 4.69. The molecule has 2 aromatic heterocycles. The molecule has 1 aromatic carbocycles. The Morgan fingerprint density at radius 2 is 2.12 bits per heavy atom. The first-order valence-electron chi connectivity index (χ1n) is 8.74. The number of likely N-dealkylation sites (N-methyl/N-ethyl adjacent to an activating group) is 1. The monoisotopic (exact) mass is 370 g/mol. The molecule has 0 saturated heterocycles. The number of anilines is 1. The van der Waals surface area contributed by atoms with Crippen LogP contribution in [-0.4, -0.2) is 28.4 Å². The molecule has 0 bridgehead atoms. The van der Waals surface area contributed by atoms with Gasteiger partial charge in [-0.1, -0.05) is 6.92 Å². The van der Waals surface area contributed by atoms with Gasteiger partial charge in [0.1, 0.15) is 5.75 Å². The highest BCUT2D eigenvalue weighted by Gasteiger charge is 2.29. The standard InChI is InChI=1S/C19H22N4O2S/c1-5-13-11(3)26-19-21-17(15(9-20)23(13)19)12-6-7-16-14(8-12)22(4)18(24)10(2)25-16/h6-8,10H,5,9,20H2,1-4H3. The molecule has 3 aromatic rings. The Morgan fingerprint density at radius 3 is 2.81 bits per heavy atom. The van der Waals surface area contributed by atoms with Gasteiger partial charge in [0.25, 0.3) is 5.91 Å². The molecule has 0 aliphatic carbocycles. The van der Waals surface area contributed by atoms with Crippen molar-refractivity contribution in [1.29, 1.82) is 0 Å². The molecule has 1 unspecified atom stereocenters. The Bertz CT molecular complexity index is 1020. The number of imidazole rings is 1. The van der Waals surface area contributed by atoms with Crippen LogP contribution in [0, 0.1) is 6.92 Å². The van der Waals surface area contributed by atoms with E-state index in [1.165, 1.54) is 10.6 Å². The number of nitrogens with zero attached hydrogens (tertiary/aromatic N) is 3. The van der Waals surface area contributed by atoms with Crippen LogP contribution in [0.4, 0.5) is 5.69 Å². The number of thiazole rings is 1. The Hall–Kier alpha value is -2.38. The minimum absolute atomic E-state index is 0.0524. The molecule has 6 nitrogen and oxygen atoms in total. The minimum Gasteiger partial charge on any atom is -0.479 e. The van der Waals surface area contributed by atoms with E-state index in [1.807, 2.05) is 18.2 Å². The van der Waals surface area contributed by atoms with E-state index in [9.17, 15) is 4.79 Å². The molecule has 0 spiro atoms. The third kappa shape index (κ3) is 2.34. The second-order valence-electron chi connectivity index (χ2n) is 6.53. The summed E-state index contributed by atoms with van der Waals surface area (Å²) >= 11 is 1.69. The summed E-state index contributed by atoms with van der Waals surface area (Å²) in [6, 6.07) is 5.85. The number of carbonyl (C=O) groups excluding carboxylic acids is 1. The van der Waals surface area contributed by atoms with Crippen molar-refractivity contribution in [2.24, 2.45) is 5.73 Å². The van der Waals surface area contributed by atoms with Crippen LogP contribution in [0.1, 0.15) is 30.1 Å². The summed E-state index contributed by atoms with van der Waals surface area (Å²) in [7, 11) is 1.78. The Labute approximate surface area is 156 Å². The molecule has 0 saturated carbocycles. The van der Waals surface area contributed by atoms with E-state index in [4.69, 9.17) is 15.5 Å². The van der Waals surface area contributed by atoms with Crippen molar-refractivity contribution >= 4 is 27.9 Å². The normalized spacial score (nSPS) is 16.9. The second kappa shape index (κ2) is 6.10. The number of rotatable bonds is 3. The summed E-state index contributed by atoms with van der Waals surface area (Å²) in [6.45, 7) is 6.43. The smallest absolute Gasteiger partial charge is 0.267 e. The van der Waals surface area contributed by atoms with Crippen LogP contribution in [0.25, 0.3) is 16.2 Å². The summed E-state index contributed by atoms with van der Waals surface area (Å²) in [5.74, 6) is 0.659. The Morgan fingerprint density at radius 1 is 1.35 bits per heavy atom. The molecule has 136 valence electrons. The molecule has 7 heteroatoms. The van der Waals surface area contributed by atoms with E-state index in [2.05, 4.69) is 18.2 Å². The van der Waals surface area contributed by atoms with E-state index < -0.39 is 6.10 Å². The zero-order chi connectivity index (χ0) is 18.6. The molecule has 1 amide bonds. The van der Waals surface area contributed by atoms with E-state index in [-0.39, 0.29) is 5.91 Å². The third-order valence-electron chi connectivity index (χ3n) is 4.97. The second-order valence-corrected chi connectivity index (χ2v) is 7.71. The van der Waals surface area contributed by atoms with E-state index in [0.29, 0.717) is 12.3 Å². The van der Waals surface area contributed by atoms with E-state index in [0.717, 1.165) is 34.0 Å². The average Bonchev–Trinajstić information content (AvgIpc) is 3.13. The SMILES string of the molecule is CCc1c(C)sc2nc(-c3ccc4c(c3)N(C)C(=O)C(C)O4)c(CN)n12. The van der Waals surface area contributed by atoms with Crippen LogP contribution in [0.15, 0.2) is 18.2 Å². The number of carbonyl (C=O) groups is 1. The molecule has 4 rings (SSSR count). The van der Waals surface area contributed by atoms with Gasteiger partial charge in [-0.15, -0.1) is 11.3 Å². The van der Waals surface area contributed by atoms with Gasteiger partial charge < -0.3 is 15.4 Å². The highest BCUT2D eigenvalue weighted by molar-refractivity contribution is 7.17. The van der Waals surface area contributed by atoms with Gasteiger partial charge in [0.2, 0.25) is 0 Å². The number of ether oxygens (including phenoxy) is 1. The lowest BCUT2D eigenvalue weighted by atomic mass is 10.1. The van der Waals surface area contributed by atoms with E-state index >= 15 is 0 Å². The van der Waals surface area contributed by atoms with Crippen LogP contribution < -0.4 is 15.4 Å². The first-order chi connectivity index (χ1) is 12.5. The summed E-state index contributed by atoms with van der Waals surface area (Å²) in [6.07, 6.45) is 0.466. The van der Waals surface area contributed by atoms with Crippen molar-refractivity contribution in [3.63, 3.8) is 0 Å². The summed E-state index contributed by atoms with van der Waals surface area (Å²) in [4.78, 5) is 21.0. The number of nitrogens with two attached hydrogens (primary N) is 1. The molecule has 1 aliphatic rings. The number of hydrogen-bond acceptors (Lipinski definition) is 5. The minimum atomic E-state index is -0.467. The van der Waals surface area contributed by atoms with Crippen molar-refractivity contribution in [2.75, 3.05) is 11.9 Å². The van der Waals surface area contributed by atoms with Crippen LogP contribution in [0.3, 0.4) is 0 Å². The molecular formula is C19H22N4O2S. The van der Waals surface area contributed by atoms with Gasteiger partial charge in [-0.2, -0.15) is 0 Å². The summed E-state index contributed by atoms with van der Waals surface area (Å²) < 4.78 is 7.90. The molecule has 1 aliphatic heterocycles. The Balaban J connectivity index is 1.89. The van der Waals surface area contributed by atoms with Crippen molar-refractivity contribution < 1.29 is 9.53 Å². The van der Waals surface area contributed by atoms with Gasteiger partial charge in [0.05, 0.1) is 17.1 Å². The average molecular weight is 370 g/mol. The number of amides is 1. The van der Waals surface area contributed by atoms with Gasteiger partial charge in [-0.05, 0) is 38.5 Å². The van der Waals surface area contributed by atoms with Crippen LogP contribution in [-0.2, 0) is 17.8 Å². The van der Waals surface area contributed by atoms with E-state index in [1.54, 1.807) is 30.2 Å². The lowest BCUT2D eigenvalue weighted by molar-refractivity contribution is -0.125. The highest BCUT2D eigenvalue weighted by atomic mass is 32.1. The first-order valence-corrected chi connectivity index (χ1v) is 9.56. The molecule has 2 N–H and O–H groups in total. The number of aromatic nitrogens is 2. The number of hydrogen-bond donors (Lipinski definition) is 1. The molecule has 26 heavy (non-hydrogen) atoms. The largest absolute Gasteiger partial charge is 0.479 e. The lowest BCUT2D eigenvalue weighted by Gasteiger charge is -2.30. The third-order valence-corrected chi connectivity index (χ3v) is 5.96. The maximum absolute atomic E-state index is 12.2. The number of benzene rings is 1. The van der Waals surface area contributed by atoms with Crippen molar-refractivity contribution in [2.45, 2.75) is 39.8 Å². The fourth-order valence-electron chi connectivity index (χ4n) is 3.62. The lowest BCUT2D eigenvalue weighted by Crippen LogP contribution is -2.41. The van der Waals surface area contributed by atoms with Gasteiger partial charge in [0.15, 0.2) is 11.1 Å². The maximum atomic E-state index is 12.2. The molecule has 0 fully saturated rings. The van der Waals surface area contributed by atoms with Crippen molar-refractivity contribution in [3.8, 4) is 17.0 Å². The van der Waals surface area contributed by atoms with Crippen LogP contribution in [0.2, 0.25) is 0 Å². The van der Waals surface area contributed by atoms with Gasteiger partial charge in [-0.3, -0.25) is 9.20 Å². The quantitative estimate of drug-likeness (QED) is 0.769. The van der Waals surface area contributed by atoms with Gasteiger partial charge >= 0.3 is 0 Å². The predicted octanol–water partition coefficient (Wildman–Crippen LogP) is 3.14. The molecular weight excluding hydrogens is 348 g/mol. The topological polar surface area (TPSA) is 72.9 Å². The molecule has 3 heterocycles. The maximum Gasteiger partial charge on any atom is 0.267 e. The fraction of sp³-hybridized carbons (Fsp3) is 0.368.